The van der Waals surface area contributed by atoms with Crippen LogP contribution in [0.1, 0.15) is 12.2 Å². The number of hydrogen-bond donors (Lipinski definition) is 3. The minimum Gasteiger partial charge on any atom is -0.460 e. The van der Waals surface area contributed by atoms with Crippen molar-refractivity contribution in [2.24, 2.45) is 0 Å². The van der Waals surface area contributed by atoms with Gasteiger partial charge < -0.3 is 20.2 Å². The molecule has 0 aliphatic heterocycles. The zero-order valence-corrected chi connectivity index (χ0v) is 14.1. The molecule has 0 spiro atoms. The number of halogens is 2. The molecule has 1 heterocycles. The molecule has 0 saturated carbocycles. The number of aliphatic hydroxyl groups is 1. The second-order valence-corrected chi connectivity index (χ2v) is 4.64. The van der Waals surface area contributed by atoms with E-state index < -0.39 is 0 Å². The van der Waals surface area contributed by atoms with E-state index >= 15 is 0 Å². The van der Waals surface area contributed by atoms with Crippen molar-refractivity contribution in [3.8, 4) is 11.3 Å². The summed E-state index contributed by atoms with van der Waals surface area (Å²) < 4.78 is 5.80. The molecule has 0 saturated heterocycles. The number of nitrogens with one attached hydrogen (secondary N) is 2. The number of hydrogen-bond acceptors (Lipinski definition) is 4. The fraction of sp³-hybridized carbons (Fsp3) is 0.375. The molecule has 2 rings (SSSR count). The fourth-order valence-electron chi connectivity index (χ4n) is 1.98. The van der Waals surface area contributed by atoms with Gasteiger partial charge in [-0.1, -0.05) is 30.3 Å². The van der Waals surface area contributed by atoms with Crippen molar-refractivity contribution in [3.05, 3.63) is 48.2 Å². The fourth-order valence-corrected chi connectivity index (χ4v) is 1.98. The number of rotatable bonds is 9. The van der Waals surface area contributed by atoms with Crippen LogP contribution in [0.5, 0.6) is 0 Å². The molecule has 0 fully saturated rings. The average molecular weight is 347 g/mol. The van der Waals surface area contributed by atoms with Crippen molar-refractivity contribution in [2.75, 3.05) is 26.2 Å². The Kier molecular flexibility index (Phi) is 11.9. The van der Waals surface area contributed by atoms with Gasteiger partial charge in [0.05, 0.1) is 13.2 Å². The molecule has 2 aromatic rings. The normalized spacial score (nSPS) is 9.86. The maximum absolute atomic E-state index is 8.62. The summed E-state index contributed by atoms with van der Waals surface area (Å²) in [5.74, 6) is 1.86. The lowest BCUT2D eigenvalue weighted by Crippen LogP contribution is -2.23. The van der Waals surface area contributed by atoms with Crippen LogP contribution in [-0.4, -0.2) is 31.3 Å². The summed E-state index contributed by atoms with van der Waals surface area (Å²) in [5, 5.41) is 15.1. The van der Waals surface area contributed by atoms with E-state index in [1.807, 2.05) is 42.5 Å². The van der Waals surface area contributed by atoms with E-state index in [1.54, 1.807) is 0 Å². The highest BCUT2D eigenvalue weighted by Gasteiger charge is 2.03. The van der Waals surface area contributed by atoms with E-state index in [0.717, 1.165) is 43.1 Å². The van der Waals surface area contributed by atoms with Crippen molar-refractivity contribution in [1.29, 1.82) is 0 Å². The van der Waals surface area contributed by atoms with Crippen LogP contribution in [0.25, 0.3) is 11.3 Å². The smallest absolute Gasteiger partial charge is 0.134 e. The summed E-state index contributed by atoms with van der Waals surface area (Å²) in [5.41, 5.74) is 1.10. The van der Waals surface area contributed by atoms with Crippen LogP contribution in [-0.2, 0) is 6.54 Å². The van der Waals surface area contributed by atoms with Gasteiger partial charge in [0.25, 0.3) is 0 Å². The Balaban J connectivity index is 0.00000220. The largest absolute Gasteiger partial charge is 0.460 e. The molecule has 3 N–H and O–H groups in total. The maximum atomic E-state index is 8.62. The van der Waals surface area contributed by atoms with Gasteiger partial charge in [-0.05, 0) is 31.6 Å². The van der Waals surface area contributed by atoms with Crippen LogP contribution in [0.15, 0.2) is 46.9 Å². The average Bonchev–Trinajstić information content (AvgIpc) is 2.96. The van der Waals surface area contributed by atoms with Crippen LogP contribution in [0.2, 0.25) is 0 Å². The van der Waals surface area contributed by atoms with E-state index in [4.69, 9.17) is 9.52 Å². The second-order valence-electron chi connectivity index (χ2n) is 4.64. The van der Waals surface area contributed by atoms with Gasteiger partial charge in [0.1, 0.15) is 11.5 Å². The van der Waals surface area contributed by atoms with Crippen molar-refractivity contribution in [1.82, 2.24) is 10.6 Å². The Bertz CT molecular complexity index is 492. The molecular weight excluding hydrogens is 323 g/mol. The molecule has 0 unspecified atom stereocenters. The molecule has 0 bridgehead atoms. The van der Waals surface area contributed by atoms with Gasteiger partial charge >= 0.3 is 0 Å². The van der Waals surface area contributed by atoms with Crippen LogP contribution >= 0.6 is 24.8 Å². The Morgan fingerprint density at radius 2 is 1.59 bits per heavy atom. The van der Waals surface area contributed by atoms with Gasteiger partial charge in [0.15, 0.2) is 0 Å². The van der Waals surface area contributed by atoms with Gasteiger partial charge in [-0.25, -0.2) is 0 Å². The highest BCUT2D eigenvalue weighted by Crippen LogP contribution is 2.21. The van der Waals surface area contributed by atoms with Gasteiger partial charge in [-0.15, -0.1) is 24.8 Å². The first-order chi connectivity index (χ1) is 9.90. The minimum atomic E-state index is 0. The first-order valence-corrected chi connectivity index (χ1v) is 7.06. The topological polar surface area (TPSA) is 57.4 Å². The van der Waals surface area contributed by atoms with Crippen molar-refractivity contribution in [3.63, 3.8) is 0 Å². The summed E-state index contributed by atoms with van der Waals surface area (Å²) in [6, 6.07) is 14.1. The van der Waals surface area contributed by atoms with Crippen molar-refractivity contribution >= 4 is 24.8 Å². The monoisotopic (exact) mass is 346 g/mol. The lowest BCUT2D eigenvalue weighted by Gasteiger charge is -2.04. The van der Waals surface area contributed by atoms with Crippen LogP contribution < -0.4 is 10.6 Å². The molecule has 1 aromatic heterocycles. The molecule has 0 aliphatic rings. The zero-order chi connectivity index (χ0) is 14.0. The third kappa shape index (κ3) is 7.29. The SMILES string of the molecule is Cl.Cl.OCCNCCCNCc1ccc(-c2ccccc2)o1. The highest BCUT2D eigenvalue weighted by molar-refractivity contribution is 5.85. The summed E-state index contributed by atoms with van der Waals surface area (Å²) in [4.78, 5) is 0. The number of aliphatic hydroxyl groups excluding tert-OH is 1. The van der Waals surface area contributed by atoms with E-state index in [1.165, 1.54) is 0 Å². The summed E-state index contributed by atoms with van der Waals surface area (Å²) in [6.45, 7) is 3.45. The lowest BCUT2D eigenvalue weighted by molar-refractivity contribution is 0.292. The number of benzene rings is 1. The molecule has 0 radical (unpaired) electrons. The maximum Gasteiger partial charge on any atom is 0.134 e. The van der Waals surface area contributed by atoms with Gasteiger partial charge in [-0.2, -0.15) is 0 Å². The van der Waals surface area contributed by atoms with Crippen LogP contribution in [0.4, 0.5) is 0 Å². The van der Waals surface area contributed by atoms with E-state index in [9.17, 15) is 0 Å². The first-order valence-electron chi connectivity index (χ1n) is 7.06. The van der Waals surface area contributed by atoms with Gasteiger partial charge in [0, 0.05) is 12.1 Å². The quantitative estimate of drug-likeness (QED) is 0.611. The lowest BCUT2D eigenvalue weighted by atomic mass is 10.2. The molecule has 0 atom stereocenters. The Labute approximate surface area is 144 Å². The predicted molar refractivity (Wildman–Crippen MR) is 94.9 cm³/mol. The van der Waals surface area contributed by atoms with Crippen LogP contribution in [0.3, 0.4) is 0 Å². The Morgan fingerprint density at radius 1 is 0.864 bits per heavy atom. The second kappa shape index (κ2) is 12.5. The van der Waals surface area contributed by atoms with Crippen molar-refractivity contribution < 1.29 is 9.52 Å². The van der Waals surface area contributed by atoms with E-state index in [0.29, 0.717) is 6.54 Å². The molecule has 22 heavy (non-hydrogen) atoms. The Hall–Kier alpha value is -1.04. The standard InChI is InChI=1S/C16H22N2O2.2ClH/c19-12-11-17-9-4-10-18-13-15-7-8-16(20-15)14-5-2-1-3-6-14;;/h1-3,5-8,17-19H,4,9-13H2;2*1H. The third-order valence-corrected chi connectivity index (χ3v) is 3.01. The predicted octanol–water partition coefficient (Wildman–Crippen LogP) is 2.85. The highest BCUT2D eigenvalue weighted by atomic mass is 35.5. The zero-order valence-electron chi connectivity index (χ0n) is 12.5. The summed E-state index contributed by atoms with van der Waals surface area (Å²) in [7, 11) is 0. The molecule has 124 valence electrons. The van der Waals surface area contributed by atoms with E-state index in [-0.39, 0.29) is 31.4 Å². The summed E-state index contributed by atoms with van der Waals surface area (Å²) >= 11 is 0. The van der Waals surface area contributed by atoms with Gasteiger partial charge in [0.2, 0.25) is 0 Å². The third-order valence-electron chi connectivity index (χ3n) is 3.01. The summed E-state index contributed by atoms with van der Waals surface area (Å²) in [6.07, 6.45) is 1.03. The van der Waals surface area contributed by atoms with Crippen molar-refractivity contribution in [2.45, 2.75) is 13.0 Å². The number of furan rings is 1. The molecule has 4 nitrogen and oxygen atoms in total. The first kappa shape index (κ1) is 21.0. The molecule has 1 aromatic carbocycles. The Morgan fingerprint density at radius 3 is 2.32 bits per heavy atom. The van der Waals surface area contributed by atoms with Gasteiger partial charge in [-0.3, -0.25) is 0 Å². The van der Waals surface area contributed by atoms with E-state index in [2.05, 4.69) is 10.6 Å². The molecular formula is C16H24Cl2N2O2. The van der Waals surface area contributed by atoms with Crippen LogP contribution in [0, 0.1) is 0 Å². The molecule has 0 aliphatic carbocycles. The molecule has 6 heteroatoms. The molecule has 0 amide bonds. The minimum absolute atomic E-state index is 0.